The summed E-state index contributed by atoms with van der Waals surface area (Å²) in [5.74, 6) is -0.225. The van der Waals surface area contributed by atoms with Gasteiger partial charge in [0.15, 0.2) is 11.6 Å². The van der Waals surface area contributed by atoms with Gasteiger partial charge in [0.2, 0.25) is 5.82 Å². The van der Waals surface area contributed by atoms with Crippen LogP contribution in [0.25, 0.3) is 0 Å². The number of benzene rings is 2. The standard InChI is InChI=1S/C19H16FN3O3/c20-15-9-4-5-11-18(15)26-13-16(14-7-2-1-3-8-14)22-19-17(23(24)25)10-6-12-21-19/h1-12,16H,13H2,(H,21,22). The molecular formula is C19H16FN3O3. The maximum atomic E-state index is 13.8. The lowest BCUT2D eigenvalue weighted by atomic mass is 10.1. The Labute approximate surface area is 149 Å². The average Bonchev–Trinajstić information content (AvgIpc) is 2.67. The molecule has 0 aliphatic rings. The second-order valence-corrected chi connectivity index (χ2v) is 5.48. The predicted octanol–water partition coefficient (Wildman–Crippen LogP) is 4.36. The number of rotatable bonds is 7. The Bertz CT molecular complexity index is 890. The zero-order chi connectivity index (χ0) is 18.4. The molecule has 2 aromatic carbocycles. The summed E-state index contributed by atoms with van der Waals surface area (Å²) in [6.07, 6.45) is 1.47. The van der Waals surface area contributed by atoms with E-state index >= 15 is 0 Å². The highest BCUT2D eigenvalue weighted by Crippen LogP contribution is 2.27. The highest BCUT2D eigenvalue weighted by molar-refractivity contribution is 5.56. The molecule has 0 radical (unpaired) electrons. The molecule has 1 unspecified atom stereocenters. The van der Waals surface area contributed by atoms with Gasteiger partial charge in [-0.1, -0.05) is 42.5 Å². The van der Waals surface area contributed by atoms with E-state index in [-0.39, 0.29) is 23.9 Å². The number of nitrogens with zero attached hydrogens (tertiary/aromatic N) is 2. The minimum atomic E-state index is -0.505. The maximum Gasteiger partial charge on any atom is 0.311 e. The van der Waals surface area contributed by atoms with Crippen LogP contribution in [0.15, 0.2) is 72.9 Å². The fourth-order valence-corrected chi connectivity index (χ4v) is 2.46. The molecule has 0 aliphatic heterocycles. The number of nitrogens with one attached hydrogen (secondary N) is 1. The smallest absolute Gasteiger partial charge is 0.311 e. The molecular weight excluding hydrogens is 337 g/mol. The van der Waals surface area contributed by atoms with E-state index in [1.807, 2.05) is 30.3 Å². The van der Waals surface area contributed by atoms with Crippen LogP contribution < -0.4 is 10.1 Å². The largest absolute Gasteiger partial charge is 0.488 e. The van der Waals surface area contributed by atoms with Crippen molar-refractivity contribution in [3.63, 3.8) is 0 Å². The minimum absolute atomic E-state index is 0.0681. The molecule has 0 fully saturated rings. The SMILES string of the molecule is O=[N+]([O-])c1cccnc1NC(COc1ccccc1F)c1ccccc1. The number of hydrogen-bond donors (Lipinski definition) is 1. The van der Waals surface area contributed by atoms with Crippen molar-refractivity contribution in [2.45, 2.75) is 6.04 Å². The van der Waals surface area contributed by atoms with E-state index in [1.54, 1.807) is 12.1 Å². The van der Waals surface area contributed by atoms with Gasteiger partial charge in [0.25, 0.3) is 0 Å². The number of nitro groups is 1. The molecule has 1 N–H and O–H groups in total. The summed E-state index contributed by atoms with van der Waals surface area (Å²) in [4.78, 5) is 14.8. The Morgan fingerprint density at radius 3 is 2.54 bits per heavy atom. The summed E-state index contributed by atoms with van der Waals surface area (Å²) in [5.41, 5.74) is 0.697. The van der Waals surface area contributed by atoms with Crippen molar-refractivity contribution in [2.75, 3.05) is 11.9 Å². The minimum Gasteiger partial charge on any atom is -0.488 e. The van der Waals surface area contributed by atoms with Crippen molar-refractivity contribution in [1.82, 2.24) is 4.98 Å². The van der Waals surface area contributed by atoms with Gasteiger partial charge in [-0.25, -0.2) is 9.37 Å². The number of anilines is 1. The first-order valence-electron chi connectivity index (χ1n) is 7.93. The second-order valence-electron chi connectivity index (χ2n) is 5.48. The molecule has 0 spiro atoms. The third-order valence-corrected chi connectivity index (χ3v) is 3.74. The van der Waals surface area contributed by atoms with Crippen molar-refractivity contribution < 1.29 is 14.1 Å². The summed E-state index contributed by atoms with van der Waals surface area (Å²) in [6.45, 7) is 0.0681. The number of halogens is 1. The van der Waals surface area contributed by atoms with Crippen LogP contribution >= 0.6 is 0 Å². The molecule has 1 atom stereocenters. The Kier molecular flexibility index (Phi) is 5.38. The quantitative estimate of drug-likeness (QED) is 0.504. The highest BCUT2D eigenvalue weighted by Gasteiger charge is 2.20. The van der Waals surface area contributed by atoms with Gasteiger partial charge in [-0.15, -0.1) is 0 Å². The first-order chi connectivity index (χ1) is 12.6. The molecule has 6 nitrogen and oxygen atoms in total. The van der Waals surface area contributed by atoms with E-state index in [4.69, 9.17) is 4.74 Å². The van der Waals surface area contributed by atoms with Gasteiger partial charge >= 0.3 is 5.69 Å². The van der Waals surface area contributed by atoms with Gasteiger partial charge in [0, 0.05) is 12.3 Å². The molecule has 132 valence electrons. The van der Waals surface area contributed by atoms with Crippen molar-refractivity contribution in [3.05, 3.63) is 94.4 Å². The normalized spacial score (nSPS) is 11.6. The van der Waals surface area contributed by atoms with E-state index in [1.165, 1.54) is 30.5 Å². The summed E-state index contributed by atoms with van der Waals surface area (Å²) >= 11 is 0. The zero-order valence-electron chi connectivity index (χ0n) is 13.7. The van der Waals surface area contributed by atoms with Crippen LogP contribution in [0, 0.1) is 15.9 Å². The van der Waals surface area contributed by atoms with Crippen molar-refractivity contribution in [2.24, 2.45) is 0 Å². The van der Waals surface area contributed by atoms with Crippen LogP contribution in [0.1, 0.15) is 11.6 Å². The Balaban J connectivity index is 1.85. The highest BCUT2D eigenvalue weighted by atomic mass is 19.1. The predicted molar refractivity (Wildman–Crippen MR) is 95.6 cm³/mol. The molecule has 1 heterocycles. The second kappa shape index (κ2) is 8.06. The Morgan fingerprint density at radius 1 is 1.08 bits per heavy atom. The fourth-order valence-electron chi connectivity index (χ4n) is 2.46. The van der Waals surface area contributed by atoms with Crippen LogP contribution in [0.5, 0.6) is 5.75 Å². The third kappa shape index (κ3) is 4.13. The number of pyridine rings is 1. The topological polar surface area (TPSA) is 77.3 Å². The zero-order valence-corrected chi connectivity index (χ0v) is 13.7. The molecule has 7 heteroatoms. The average molecular weight is 353 g/mol. The number of aromatic nitrogens is 1. The maximum absolute atomic E-state index is 13.8. The van der Waals surface area contributed by atoms with E-state index in [0.717, 1.165) is 5.56 Å². The van der Waals surface area contributed by atoms with E-state index < -0.39 is 16.8 Å². The summed E-state index contributed by atoms with van der Waals surface area (Å²) < 4.78 is 19.4. The Morgan fingerprint density at radius 2 is 1.81 bits per heavy atom. The molecule has 1 aromatic heterocycles. The van der Waals surface area contributed by atoms with E-state index in [0.29, 0.717) is 0 Å². The van der Waals surface area contributed by atoms with Crippen LogP contribution in [0.3, 0.4) is 0 Å². The van der Waals surface area contributed by atoms with Crippen molar-refractivity contribution >= 4 is 11.5 Å². The molecule has 26 heavy (non-hydrogen) atoms. The lowest BCUT2D eigenvalue weighted by Gasteiger charge is -2.20. The van der Waals surface area contributed by atoms with Crippen molar-refractivity contribution in [1.29, 1.82) is 0 Å². The molecule has 0 saturated heterocycles. The molecule has 0 aliphatic carbocycles. The number of para-hydroxylation sites is 1. The molecule has 0 saturated carbocycles. The fraction of sp³-hybridized carbons (Fsp3) is 0.105. The first kappa shape index (κ1) is 17.3. The molecule has 0 bridgehead atoms. The van der Waals surface area contributed by atoms with Gasteiger partial charge < -0.3 is 10.1 Å². The number of hydrogen-bond acceptors (Lipinski definition) is 5. The molecule has 3 rings (SSSR count). The van der Waals surface area contributed by atoms with Gasteiger partial charge in [0.05, 0.1) is 11.0 Å². The summed E-state index contributed by atoms with van der Waals surface area (Å²) in [7, 11) is 0. The first-order valence-corrected chi connectivity index (χ1v) is 7.93. The van der Waals surface area contributed by atoms with E-state index in [9.17, 15) is 14.5 Å². The van der Waals surface area contributed by atoms with Crippen LogP contribution in [0.4, 0.5) is 15.9 Å². The monoisotopic (exact) mass is 353 g/mol. The lowest BCUT2D eigenvalue weighted by Crippen LogP contribution is -2.20. The lowest BCUT2D eigenvalue weighted by molar-refractivity contribution is -0.384. The van der Waals surface area contributed by atoms with Crippen LogP contribution in [-0.4, -0.2) is 16.5 Å². The molecule has 0 amide bonds. The third-order valence-electron chi connectivity index (χ3n) is 3.74. The van der Waals surface area contributed by atoms with E-state index in [2.05, 4.69) is 10.3 Å². The number of ether oxygens (including phenoxy) is 1. The van der Waals surface area contributed by atoms with Gasteiger partial charge in [-0.05, 0) is 23.8 Å². The molecule has 3 aromatic rings. The Hall–Kier alpha value is -3.48. The van der Waals surface area contributed by atoms with Crippen molar-refractivity contribution in [3.8, 4) is 5.75 Å². The van der Waals surface area contributed by atoms with Gasteiger partial charge in [-0.3, -0.25) is 10.1 Å². The van der Waals surface area contributed by atoms with Gasteiger partial charge in [0.1, 0.15) is 6.61 Å². The summed E-state index contributed by atoms with van der Waals surface area (Å²) in [5, 5.41) is 14.2. The summed E-state index contributed by atoms with van der Waals surface area (Å²) in [6, 6.07) is 17.8. The van der Waals surface area contributed by atoms with Gasteiger partial charge in [-0.2, -0.15) is 0 Å². The van der Waals surface area contributed by atoms with Crippen LogP contribution in [-0.2, 0) is 0 Å². The van der Waals surface area contributed by atoms with Crippen LogP contribution in [0.2, 0.25) is 0 Å².